The van der Waals surface area contributed by atoms with E-state index in [0.717, 1.165) is 24.3 Å². The molecule has 1 saturated heterocycles. The highest BCUT2D eigenvalue weighted by Gasteiger charge is 2.24. The minimum atomic E-state index is 0.0354. The number of piperidine rings is 1. The van der Waals surface area contributed by atoms with Crippen LogP contribution in [0.25, 0.3) is 0 Å². The van der Waals surface area contributed by atoms with E-state index in [0.29, 0.717) is 31.3 Å². The molecule has 0 spiro atoms. The zero-order valence-corrected chi connectivity index (χ0v) is 13.3. The number of amides is 1. The first-order valence-corrected chi connectivity index (χ1v) is 8.29. The quantitative estimate of drug-likeness (QED) is 0.844. The maximum Gasteiger partial charge on any atom is 0.252 e. The summed E-state index contributed by atoms with van der Waals surface area (Å²) in [6.07, 6.45) is 2.43. The fraction of sp³-hybridized carbons (Fsp3) is 0.533. The fourth-order valence-electron chi connectivity index (χ4n) is 2.56. The smallest absolute Gasteiger partial charge is 0.252 e. The van der Waals surface area contributed by atoms with Crippen LogP contribution < -0.4 is 0 Å². The van der Waals surface area contributed by atoms with E-state index in [9.17, 15) is 4.79 Å². The third-order valence-corrected chi connectivity index (χ3v) is 4.52. The summed E-state index contributed by atoms with van der Waals surface area (Å²) >= 11 is 1.62. The van der Waals surface area contributed by atoms with Crippen LogP contribution in [-0.4, -0.2) is 40.1 Å². The second-order valence-corrected chi connectivity index (χ2v) is 6.44. The van der Waals surface area contributed by atoms with Crippen molar-refractivity contribution in [1.82, 2.24) is 15.0 Å². The summed E-state index contributed by atoms with van der Waals surface area (Å²) in [5.41, 5.74) is 0. The molecule has 0 saturated carbocycles. The van der Waals surface area contributed by atoms with E-state index in [1.165, 1.54) is 0 Å². The third-order valence-electron chi connectivity index (χ3n) is 3.65. The minimum absolute atomic E-state index is 0.0354. The van der Waals surface area contributed by atoms with E-state index in [1.54, 1.807) is 18.3 Å². The van der Waals surface area contributed by atoms with Crippen molar-refractivity contribution in [2.45, 2.75) is 38.9 Å². The van der Waals surface area contributed by atoms with Crippen molar-refractivity contribution >= 4 is 17.2 Å². The Morgan fingerprint density at radius 3 is 3.23 bits per heavy atom. The summed E-state index contributed by atoms with van der Waals surface area (Å²) in [4.78, 5) is 19.4. The van der Waals surface area contributed by atoms with Crippen molar-refractivity contribution in [2.75, 3.05) is 13.1 Å². The number of hydrogen-bond donors (Lipinski definition) is 0. The van der Waals surface area contributed by atoms with Crippen LogP contribution >= 0.6 is 11.3 Å². The fourth-order valence-corrected chi connectivity index (χ4v) is 3.26. The number of thiophene rings is 1. The monoisotopic (exact) mass is 321 g/mol. The first-order valence-electron chi connectivity index (χ1n) is 7.41. The topological polar surface area (TPSA) is 68.5 Å². The lowest BCUT2D eigenvalue weighted by Crippen LogP contribution is -2.43. The highest BCUT2D eigenvalue weighted by molar-refractivity contribution is 7.10. The molecule has 2 aromatic rings. The summed E-state index contributed by atoms with van der Waals surface area (Å²) in [6, 6.07) is 3.97. The number of nitrogens with zero attached hydrogens (tertiary/aromatic N) is 3. The Kier molecular flexibility index (Phi) is 4.84. The molecule has 1 atom stereocenters. The van der Waals surface area contributed by atoms with Gasteiger partial charge in [-0.25, -0.2) is 0 Å². The van der Waals surface area contributed by atoms with Gasteiger partial charge in [0.15, 0.2) is 5.82 Å². The highest BCUT2D eigenvalue weighted by Crippen LogP contribution is 2.17. The van der Waals surface area contributed by atoms with Gasteiger partial charge in [0, 0.05) is 18.0 Å². The van der Waals surface area contributed by atoms with Crippen LogP contribution in [0.5, 0.6) is 0 Å². The van der Waals surface area contributed by atoms with E-state index in [4.69, 9.17) is 9.26 Å². The Balaban J connectivity index is 1.49. The van der Waals surface area contributed by atoms with Crippen LogP contribution in [0.1, 0.15) is 29.4 Å². The van der Waals surface area contributed by atoms with Crippen LogP contribution in [0.15, 0.2) is 22.0 Å². The number of carbonyl (C=O) groups is 1. The van der Waals surface area contributed by atoms with Gasteiger partial charge >= 0.3 is 0 Å². The van der Waals surface area contributed by atoms with Gasteiger partial charge < -0.3 is 14.2 Å². The molecule has 118 valence electrons. The Morgan fingerprint density at radius 2 is 2.50 bits per heavy atom. The van der Waals surface area contributed by atoms with Crippen LogP contribution in [0.3, 0.4) is 0 Å². The summed E-state index contributed by atoms with van der Waals surface area (Å²) in [5.74, 6) is 1.26. The second-order valence-electron chi connectivity index (χ2n) is 5.41. The Bertz CT molecular complexity index is 611. The molecule has 22 heavy (non-hydrogen) atoms. The van der Waals surface area contributed by atoms with Crippen molar-refractivity contribution in [3.63, 3.8) is 0 Å². The molecule has 3 rings (SSSR count). The molecule has 0 bridgehead atoms. The molecule has 0 aromatic carbocycles. The molecular formula is C15H19N3O3S. The number of likely N-dealkylation sites (tertiary alicyclic amines) is 1. The van der Waals surface area contributed by atoms with Crippen LogP contribution in [0.2, 0.25) is 0 Å². The number of aryl methyl sites for hydroxylation is 1. The van der Waals surface area contributed by atoms with Gasteiger partial charge in [-0.1, -0.05) is 11.2 Å². The van der Waals surface area contributed by atoms with E-state index in [2.05, 4.69) is 10.1 Å². The van der Waals surface area contributed by atoms with Gasteiger partial charge in [-0.2, -0.15) is 4.98 Å². The third kappa shape index (κ3) is 3.92. The van der Waals surface area contributed by atoms with Gasteiger partial charge in [0.1, 0.15) is 6.61 Å². The molecule has 0 aliphatic carbocycles. The molecule has 2 aromatic heterocycles. The largest absolute Gasteiger partial charge is 0.367 e. The molecule has 0 N–H and O–H groups in total. The molecule has 3 heterocycles. The van der Waals surface area contributed by atoms with E-state index < -0.39 is 0 Å². The number of carbonyl (C=O) groups excluding carboxylic acids is 1. The Labute approximate surface area is 133 Å². The highest BCUT2D eigenvalue weighted by atomic mass is 32.1. The Morgan fingerprint density at radius 1 is 1.59 bits per heavy atom. The lowest BCUT2D eigenvalue weighted by molar-refractivity contribution is -0.135. The zero-order valence-electron chi connectivity index (χ0n) is 12.5. The SMILES string of the molecule is Cc1noc(CO[C@@H]2CCCN(C(=O)Cc3cccs3)C2)n1. The zero-order chi connectivity index (χ0) is 15.4. The molecule has 1 aliphatic rings. The molecule has 1 aliphatic heterocycles. The maximum absolute atomic E-state index is 12.3. The summed E-state index contributed by atoms with van der Waals surface area (Å²) in [6.45, 7) is 3.53. The van der Waals surface area contributed by atoms with Gasteiger partial charge in [0.2, 0.25) is 5.91 Å². The molecule has 0 radical (unpaired) electrons. The van der Waals surface area contributed by atoms with Gasteiger partial charge in [-0.05, 0) is 31.2 Å². The maximum atomic E-state index is 12.3. The lowest BCUT2D eigenvalue weighted by atomic mass is 10.1. The molecule has 6 nitrogen and oxygen atoms in total. The van der Waals surface area contributed by atoms with Crippen LogP contribution in [-0.2, 0) is 22.6 Å². The van der Waals surface area contributed by atoms with Crippen molar-refractivity contribution in [3.05, 3.63) is 34.1 Å². The summed E-state index contributed by atoms with van der Waals surface area (Å²) in [7, 11) is 0. The number of rotatable bonds is 5. The first-order chi connectivity index (χ1) is 10.7. The van der Waals surface area contributed by atoms with E-state index in [-0.39, 0.29) is 12.0 Å². The number of ether oxygens (including phenoxy) is 1. The minimum Gasteiger partial charge on any atom is -0.367 e. The van der Waals surface area contributed by atoms with E-state index in [1.807, 2.05) is 22.4 Å². The standard InChI is InChI=1S/C15H19N3O3S/c1-11-16-14(21-17-11)10-20-12-4-2-6-18(9-12)15(19)8-13-5-3-7-22-13/h3,5,7,12H,2,4,6,8-10H2,1H3/t12-/m1/s1. The molecule has 0 unspecified atom stereocenters. The average Bonchev–Trinajstić information content (AvgIpc) is 3.17. The van der Waals surface area contributed by atoms with Gasteiger partial charge in [0.05, 0.1) is 12.5 Å². The van der Waals surface area contributed by atoms with Gasteiger partial charge in [0.25, 0.3) is 5.89 Å². The molecular weight excluding hydrogens is 302 g/mol. The molecule has 1 amide bonds. The number of hydrogen-bond acceptors (Lipinski definition) is 6. The summed E-state index contributed by atoms with van der Waals surface area (Å²) in [5, 5.41) is 5.73. The molecule has 7 heteroatoms. The predicted molar refractivity (Wildman–Crippen MR) is 81.4 cm³/mol. The van der Waals surface area contributed by atoms with E-state index >= 15 is 0 Å². The lowest BCUT2D eigenvalue weighted by Gasteiger charge is -2.32. The van der Waals surface area contributed by atoms with Gasteiger partial charge in [-0.15, -0.1) is 11.3 Å². The van der Waals surface area contributed by atoms with Gasteiger partial charge in [-0.3, -0.25) is 4.79 Å². The van der Waals surface area contributed by atoms with Crippen molar-refractivity contribution in [3.8, 4) is 0 Å². The normalized spacial score (nSPS) is 18.6. The Hall–Kier alpha value is -1.73. The van der Waals surface area contributed by atoms with Crippen molar-refractivity contribution in [1.29, 1.82) is 0 Å². The molecule has 1 fully saturated rings. The van der Waals surface area contributed by atoms with Crippen LogP contribution in [0, 0.1) is 6.92 Å². The second kappa shape index (κ2) is 7.02. The predicted octanol–water partition coefficient (Wildman–Crippen LogP) is 2.19. The average molecular weight is 321 g/mol. The van der Waals surface area contributed by atoms with Crippen molar-refractivity contribution in [2.24, 2.45) is 0 Å². The first kappa shape index (κ1) is 15.2. The summed E-state index contributed by atoms with van der Waals surface area (Å²) < 4.78 is 10.8. The van der Waals surface area contributed by atoms with Crippen LogP contribution in [0.4, 0.5) is 0 Å². The van der Waals surface area contributed by atoms with Crippen molar-refractivity contribution < 1.29 is 14.1 Å². The number of aromatic nitrogens is 2.